The van der Waals surface area contributed by atoms with Crippen LogP contribution in [-0.2, 0) is 4.74 Å². The van der Waals surface area contributed by atoms with Gasteiger partial charge in [-0.25, -0.2) is 18.6 Å². The average molecular weight is 288 g/mol. The molecule has 21 heavy (non-hydrogen) atoms. The first-order valence-electron chi connectivity index (χ1n) is 6.12. The Kier molecular flexibility index (Phi) is 3.13. The van der Waals surface area contributed by atoms with Crippen LogP contribution in [0.2, 0.25) is 0 Å². The number of imidazole rings is 1. The zero-order chi connectivity index (χ0) is 15.0. The molecule has 1 aromatic heterocycles. The molecule has 4 nitrogen and oxygen atoms in total. The van der Waals surface area contributed by atoms with Gasteiger partial charge in [-0.05, 0) is 30.3 Å². The molecule has 0 radical (unpaired) electrons. The number of methoxy groups -OCH3 is 1. The molecule has 3 aromatic rings. The molecular weight excluding hydrogens is 278 g/mol. The van der Waals surface area contributed by atoms with E-state index in [0.29, 0.717) is 11.0 Å². The van der Waals surface area contributed by atoms with E-state index < -0.39 is 17.6 Å². The number of hydrogen-bond donors (Lipinski definition) is 1. The molecule has 0 aliphatic rings. The van der Waals surface area contributed by atoms with Crippen LogP contribution in [-0.4, -0.2) is 23.0 Å². The van der Waals surface area contributed by atoms with Crippen molar-refractivity contribution in [3.8, 4) is 11.4 Å². The van der Waals surface area contributed by atoms with Gasteiger partial charge < -0.3 is 9.72 Å². The third-order valence-corrected chi connectivity index (χ3v) is 3.10. The minimum atomic E-state index is -0.602. The average Bonchev–Trinajstić information content (AvgIpc) is 2.92. The molecule has 0 fully saturated rings. The number of H-pyrrole nitrogens is 1. The molecular formula is C15H10F2N2O2. The Morgan fingerprint density at radius 2 is 2.05 bits per heavy atom. The van der Waals surface area contributed by atoms with Gasteiger partial charge in [-0.2, -0.15) is 0 Å². The largest absolute Gasteiger partial charge is 0.465 e. The topological polar surface area (TPSA) is 55.0 Å². The fourth-order valence-corrected chi connectivity index (χ4v) is 2.11. The number of aromatic nitrogens is 2. The molecule has 1 heterocycles. The molecule has 106 valence electrons. The molecule has 0 amide bonds. The van der Waals surface area contributed by atoms with Gasteiger partial charge in [0.2, 0.25) is 0 Å². The van der Waals surface area contributed by atoms with Crippen LogP contribution < -0.4 is 0 Å². The molecule has 1 N–H and O–H groups in total. The summed E-state index contributed by atoms with van der Waals surface area (Å²) in [5, 5.41) is 0. The van der Waals surface area contributed by atoms with Gasteiger partial charge in [0.25, 0.3) is 0 Å². The maximum Gasteiger partial charge on any atom is 0.340 e. The van der Waals surface area contributed by atoms with Crippen LogP contribution in [0.3, 0.4) is 0 Å². The van der Waals surface area contributed by atoms with Crippen molar-refractivity contribution in [2.45, 2.75) is 0 Å². The van der Waals surface area contributed by atoms with Crippen LogP contribution in [0.15, 0.2) is 36.4 Å². The summed E-state index contributed by atoms with van der Waals surface area (Å²) in [6.45, 7) is 0. The second-order valence-electron chi connectivity index (χ2n) is 4.40. The Bertz CT molecular complexity index is 843. The van der Waals surface area contributed by atoms with E-state index in [1.54, 1.807) is 18.2 Å². The van der Waals surface area contributed by atoms with Crippen molar-refractivity contribution in [3.05, 3.63) is 53.6 Å². The number of carbonyl (C=O) groups excluding carboxylic acids is 1. The van der Waals surface area contributed by atoms with Crippen LogP contribution in [0.25, 0.3) is 22.4 Å². The minimum Gasteiger partial charge on any atom is -0.465 e. The molecule has 0 aliphatic heterocycles. The summed E-state index contributed by atoms with van der Waals surface area (Å²) >= 11 is 0. The van der Waals surface area contributed by atoms with Gasteiger partial charge in [0.05, 0.1) is 23.8 Å². The molecule has 6 heteroatoms. The first-order chi connectivity index (χ1) is 10.1. The molecule has 0 bridgehead atoms. The maximum absolute atomic E-state index is 13.8. The molecule has 0 atom stereocenters. The summed E-state index contributed by atoms with van der Waals surface area (Å²) in [5.74, 6) is -1.56. The standard InChI is InChI=1S/C15H10F2N2O2/c1-21-15(20)9-3-2-4-12-13(9)19-14(18-12)10-7-8(16)5-6-11(10)17/h2-7H,1H3,(H,18,19). The third kappa shape index (κ3) is 2.24. The predicted octanol–water partition coefficient (Wildman–Crippen LogP) is 3.29. The Labute approximate surface area is 118 Å². The molecule has 0 spiro atoms. The normalized spacial score (nSPS) is 10.8. The van der Waals surface area contributed by atoms with Gasteiger partial charge in [-0.15, -0.1) is 0 Å². The van der Waals surface area contributed by atoms with Crippen molar-refractivity contribution in [2.24, 2.45) is 0 Å². The molecule has 0 saturated carbocycles. The number of hydrogen-bond acceptors (Lipinski definition) is 3. The lowest BCUT2D eigenvalue weighted by Gasteiger charge is -1.99. The smallest absolute Gasteiger partial charge is 0.340 e. The number of halogens is 2. The van der Waals surface area contributed by atoms with Crippen LogP contribution in [0.4, 0.5) is 8.78 Å². The van der Waals surface area contributed by atoms with E-state index in [1.165, 1.54) is 7.11 Å². The lowest BCUT2D eigenvalue weighted by molar-refractivity contribution is 0.0603. The predicted molar refractivity (Wildman–Crippen MR) is 72.8 cm³/mol. The second kappa shape index (κ2) is 4.97. The lowest BCUT2D eigenvalue weighted by Crippen LogP contribution is -2.01. The first kappa shape index (κ1) is 13.2. The summed E-state index contributed by atoms with van der Waals surface area (Å²) in [5.41, 5.74) is 1.15. The number of para-hydroxylation sites is 1. The number of nitrogens with zero attached hydrogens (tertiary/aromatic N) is 1. The zero-order valence-electron chi connectivity index (χ0n) is 11.0. The van der Waals surface area contributed by atoms with E-state index in [1.807, 2.05) is 0 Å². The van der Waals surface area contributed by atoms with E-state index in [9.17, 15) is 13.6 Å². The van der Waals surface area contributed by atoms with Crippen LogP contribution >= 0.6 is 0 Å². The van der Waals surface area contributed by atoms with Crippen LogP contribution in [0.1, 0.15) is 10.4 Å². The van der Waals surface area contributed by atoms with Gasteiger partial charge in [0.1, 0.15) is 23.0 Å². The zero-order valence-corrected chi connectivity index (χ0v) is 11.0. The molecule has 0 aliphatic carbocycles. The van der Waals surface area contributed by atoms with Gasteiger partial charge in [-0.1, -0.05) is 6.07 Å². The van der Waals surface area contributed by atoms with Gasteiger partial charge in [-0.3, -0.25) is 0 Å². The highest BCUT2D eigenvalue weighted by molar-refractivity contribution is 6.02. The highest BCUT2D eigenvalue weighted by Gasteiger charge is 2.16. The Morgan fingerprint density at radius 3 is 2.81 bits per heavy atom. The van der Waals surface area contributed by atoms with E-state index >= 15 is 0 Å². The van der Waals surface area contributed by atoms with Crippen LogP contribution in [0.5, 0.6) is 0 Å². The summed E-state index contributed by atoms with van der Waals surface area (Å²) in [4.78, 5) is 18.7. The van der Waals surface area contributed by atoms with Gasteiger partial charge >= 0.3 is 5.97 Å². The maximum atomic E-state index is 13.8. The fraction of sp³-hybridized carbons (Fsp3) is 0.0667. The number of carbonyl (C=O) groups is 1. The van der Waals surface area contributed by atoms with Crippen molar-refractivity contribution in [2.75, 3.05) is 7.11 Å². The van der Waals surface area contributed by atoms with Crippen molar-refractivity contribution < 1.29 is 18.3 Å². The van der Waals surface area contributed by atoms with Crippen molar-refractivity contribution in [1.29, 1.82) is 0 Å². The summed E-state index contributed by atoms with van der Waals surface area (Å²) in [7, 11) is 1.26. The molecule has 0 saturated heterocycles. The Hall–Kier alpha value is -2.76. The summed E-state index contributed by atoms with van der Waals surface area (Å²) in [6, 6.07) is 8.00. The number of ether oxygens (including phenoxy) is 1. The third-order valence-electron chi connectivity index (χ3n) is 3.10. The van der Waals surface area contributed by atoms with Crippen molar-refractivity contribution in [3.63, 3.8) is 0 Å². The van der Waals surface area contributed by atoms with Gasteiger partial charge in [0, 0.05) is 0 Å². The molecule has 3 rings (SSSR count). The fourth-order valence-electron chi connectivity index (χ4n) is 2.11. The van der Waals surface area contributed by atoms with E-state index in [-0.39, 0.29) is 17.0 Å². The summed E-state index contributed by atoms with van der Waals surface area (Å²) in [6.07, 6.45) is 0. The minimum absolute atomic E-state index is 0.00187. The quantitative estimate of drug-likeness (QED) is 0.736. The molecule has 0 unspecified atom stereocenters. The van der Waals surface area contributed by atoms with Crippen molar-refractivity contribution >= 4 is 17.0 Å². The number of nitrogens with one attached hydrogen (secondary N) is 1. The lowest BCUT2D eigenvalue weighted by atomic mass is 10.2. The highest BCUT2D eigenvalue weighted by Crippen LogP contribution is 2.25. The number of fused-ring (bicyclic) bond motifs is 1. The summed E-state index contributed by atoms with van der Waals surface area (Å²) < 4.78 is 31.7. The van der Waals surface area contributed by atoms with Crippen molar-refractivity contribution in [1.82, 2.24) is 9.97 Å². The van der Waals surface area contributed by atoms with Crippen LogP contribution in [0, 0.1) is 11.6 Å². The van der Waals surface area contributed by atoms with E-state index in [4.69, 9.17) is 0 Å². The second-order valence-corrected chi connectivity index (χ2v) is 4.40. The number of benzene rings is 2. The highest BCUT2D eigenvalue weighted by atomic mass is 19.1. The first-order valence-corrected chi connectivity index (χ1v) is 6.12. The number of aromatic amines is 1. The van der Waals surface area contributed by atoms with Gasteiger partial charge in [0.15, 0.2) is 0 Å². The van der Waals surface area contributed by atoms with E-state index in [2.05, 4.69) is 14.7 Å². The van der Waals surface area contributed by atoms with E-state index in [0.717, 1.165) is 18.2 Å². The Morgan fingerprint density at radius 1 is 1.24 bits per heavy atom. The number of esters is 1. The Balaban J connectivity index is 2.22. The SMILES string of the molecule is COC(=O)c1cccc2[nH]c(-c3cc(F)ccc3F)nc12. The number of rotatable bonds is 2. The monoisotopic (exact) mass is 288 g/mol. The molecule has 2 aromatic carbocycles.